The number of amides is 3. The highest BCUT2D eigenvalue weighted by Crippen LogP contribution is 2.20. The highest BCUT2D eigenvalue weighted by atomic mass is 16.5. The molecule has 37 heavy (non-hydrogen) atoms. The number of esters is 2. The molecular weight excluding hydrogens is 478 g/mol. The second-order valence-electron chi connectivity index (χ2n) is 7.98. The topological polar surface area (TPSA) is 130 Å². The van der Waals surface area contributed by atoms with Gasteiger partial charge in [0.2, 0.25) is 0 Å². The molecule has 1 unspecified atom stereocenters. The zero-order valence-electron chi connectivity index (χ0n) is 21.4. The SMILES string of the molecule is COC(=O)/C=C(\C(=O)OC)N(Cc1ccccc1)C(C(=O)N(C)C)/C(C)=N/NC(=O)Nc1ccccc1. The Morgan fingerprint density at radius 3 is 2.08 bits per heavy atom. The summed E-state index contributed by atoms with van der Waals surface area (Å²) in [6, 6.07) is 15.9. The van der Waals surface area contributed by atoms with Gasteiger partial charge in [0, 0.05) is 26.3 Å². The second kappa shape index (κ2) is 14.0. The second-order valence-corrected chi connectivity index (χ2v) is 7.98. The molecule has 0 spiro atoms. The van der Waals surface area contributed by atoms with Gasteiger partial charge < -0.3 is 24.6 Å². The molecule has 196 valence electrons. The van der Waals surface area contributed by atoms with E-state index in [0.29, 0.717) is 5.69 Å². The zero-order chi connectivity index (χ0) is 27.4. The molecule has 0 fully saturated rings. The maximum atomic E-state index is 13.4. The van der Waals surface area contributed by atoms with Gasteiger partial charge in [-0.1, -0.05) is 48.5 Å². The number of rotatable bonds is 10. The fourth-order valence-electron chi connectivity index (χ4n) is 3.29. The molecular formula is C26H31N5O6. The van der Waals surface area contributed by atoms with E-state index in [9.17, 15) is 19.2 Å². The number of hydrogen-bond acceptors (Lipinski definition) is 8. The lowest BCUT2D eigenvalue weighted by Crippen LogP contribution is -2.51. The first-order chi connectivity index (χ1) is 17.7. The van der Waals surface area contributed by atoms with Gasteiger partial charge in [-0.3, -0.25) is 4.79 Å². The minimum absolute atomic E-state index is 0.0338. The van der Waals surface area contributed by atoms with Crippen molar-refractivity contribution in [3.05, 3.63) is 78.0 Å². The number of anilines is 1. The van der Waals surface area contributed by atoms with E-state index in [2.05, 4.69) is 15.8 Å². The van der Waals surface area contributed by atoms with E-state index < -0.39 is 29.9 Å². The van der Waals surface area contributed by atoms with Crippen LogP contribution < -0.4 is 10.7 Å². The summed E-state index contributed by atoms with van der Waals surface area (Å²) < 4.78 is 9.63. The number of methoxy groups -OCH3 is 2. The van der Waals surface area contributed by atoms with Crippen molar-refractivity contribution in [2.45, 2.75) is 19.5 Å². The molecule has 11 nitrogen and oxygen atoms in total. The predicted molar refractivity (Wildman–Crippen MR) is 138 cm³/mol. The third-order valence-corrected chi connectivity index (χ3v) is 5.10. The molecule has 0 aliphatic carbocycles. The van der Waals surface area contributed by atoms with Crippen LogP contribution in [0.5, 0.6) is 0 Å². The smallest absolute Gasteiger partial charge is 0.354 e. The first-order valence-electron chi connectivity index (χ1n) is 11.2. The average molecular weight is 510 g/mol. The van der Waals surface area contributed by atoms with Crippen LogP contribution in [0.1, 0.15) is 12.5 Å². The Kier molecular flexibility index (Phi) is 10.8. The largest absolute Gasteiger partial charge is 0.466 e. The minimum Gasteiger partial charge on any atom is -0.466 e. The highest BCUT2D eigenvalue weighted by molar-refractivity contribution is 6.09. The predicted octanol–water partition coefficient (Wildman–Crippen LogP) is 2.37. The maximum absolute atomic E-state index is 13.4. The van der Waals surface area contributed by atoms with Crippen molar-refractivity contribution in [2.75, 3.05) is 33.6 Å². The lowest BCUT2D eigenvalue weighted by atomic mass is 10.1. The molecule has 0 heterocycles. The van der Waals surface area contributed by atoms with Crippen LogP contribution in [0.3, 0.4) is 0 Å². The molecule has 0 aromatic heterocycles. The number of benzene rings is 2. The molecule has 3 amide bonds. The summed E-state index contributed by atoms with van der Waals surface area (Å²) in [5.74, 6) is -2.13. The van der Waals surface area contributed by atoms with Crippen molar-refractivity contribution in [3.8, 4) is 0 Å². The highest BCUT2D eigenvalue weighted by Gasteiger charge is 2.35. The Morgan fingerprint density at radius 1 is 0.946 bits per heavy atom. The van der Waals surface area contributed by atoms with Crippen LogP contribution in [0, 0.1) is 0 Å². The molecule has 1 atom stereocenters. The minimum atomic E-state index is -1.19. The summed E-state index contributed by atoms with van der Waals surface area (Å²) in [5, 5.41) is 6.75. The Labute approximate surface area is 215 Å². The molecule has 2 aromatic carbocycles. The van der Waals surface area contributed by atoms with Crippen molar-refractivity contribution in [1.29, 1.82) is 0 Å². The van der Waals surface area contributed by atoms with E-state index in [1.54, 1.807) is 62.6 Å². The number of nitrogens with one attached hydrogen (secondary N) is 2. The van der Waals surface area contributed by atoms with Gasteiger partial charge in [0.15, 0.2) is 0 Å². The maximum Gasteiger partial charge on any atom is 0.354 e. The van der Waals surface area contributed by atoms with Crippen molar-refractivity contribution in [2.24, 2.45) is 5.10 Å². The molecule has 0 bridgehead atoms. The monoisotopic (exact) mass is 509 g/mol. The van der Waals surface area contributed by atoms with Crippen LogP contribution in [0.15, 0.2) is 77.5 Å². The molecule has 0 saturated carbocycles. The normalized spacial score (nSPS) is 12.1. The quantitative estimate of drug-likeness (QED) is 0.218. The Bertz CT molecular complexity index is 1150. The van der Waals surface area contributed by atoms with Crippen molar-refractivity contribution in [1.82, 2.24) is 15.2 Å². The van der Waals surface area contributed by atoms with E-state index in [0.717, 1.165) is 18.7 Å². The summed E-state index contributed by atoms with van der Waals surface area (Å²) >= 11 is 0. The van der Waals surface area contributed by atoms with Gasteiger partial charge in [0.1, 0.15) is 11.7 Å². The lowest BCUT2D eigenvalue weighted by Gasteiger charge is -2.34. The van der Waals surface area contributed by atoms with Crippen LogP contribution >= 0.6 is 0 Å². The number of carbonyl (C=O) groups excluding carboxylic acids is 4. The third-order valence-electron chi connectivity index (χ3n) is 5.10. The molecule has 2 rings (SSSR count). The number of carbonyl (C=O) groups is 4. The van der Waals surface area contributed by atoms with Crippen molar-refractivity contribution >= 4 is 35.3 Å². The van der Waals surface area contributed by atoms with E-state index in [4.69, 9.17) is 9.47 Å². The number of hydrazone groups is 1. The fourth-order valence-corrected chi connectivity index (χ4v) is 3.29. The van der Waals surface area contributed by atoms with Crippen LogP contribution in [0.25, 0.3) is 0 Å². The Balaban J connectivity index is 2.53. The Hall–Kier alpha value is -4.67. The molecule has 2 aromatic rings. The number of para-hydroxylation sites is 1. The van der Waals surface area contributed by atoms with Gasteiger partial charge in [0.05, 0.1) is 26.0 Å². The number of nitrogens with zero attached hydrogens (tertiary/aromatic N) is 3. The summed E-state index contributed by atoms with van der Waals surface area (Å²) in [6.45, 7) is 1.56. The summed E-state index contributed by atoms with van der Waals surface area (Å²) in [5.41, 5.74) is 3.59. The number of likely N-dealkylation sites (N-methyl/N-ethyl adjacent to an activating group) is 1. The van der Waals surface area contributed by atoms with Crippen molar-refractivity contribution < 1.29 is 28.7 Å². The van der Waals surface area contributed by atoms with Gasteiger partial charge in [0.25, 0.3) is 5.91 Å². The van der Waals surface area contributed by atoms with Gasteiger partial charge in [-0.25, -0.2) is 19.8 Å². The summed E-state index contributed by atoms with van der Waals surface area (Å²) in [6.07, 6.45) is 0.952. The molecule has 11 heteroatoms. The first-order valence-corrected chi connectivity index (χ1v) is 11.2. The number of urea groups is 1. The zero-order valence-corrected chi connectivity index (χ0v) is 21.4. The summed E-state index contributed by atoms with van der Waals surface area (Å²) in [7, 11) is 5.41. The molecule has 2 N–H and O–H groups in total. The summed E-state index contributed by atoms with van der Waals surface area (Å²) in [4.78, 5) is 53.5. The van der Waals surface area contributed by atoms with E-state index in [-0.39, 0.29) is 18.0 Å². The van der Waals surface area contributed by atoms with Gasteiger partial charge in [-0.05, 0) is 24.6 Å². The van der Waals surface area contributed by atoms with Crippen LogP contribution in [-0.4, -0.2) is 73.7 Å². The van der Waals surface area contributed by atoms with Crippen LogP contribution in [0.2, 0.25) is 0 Å². The molecule has 0 aliphatic rings. The number of ether oxygens (including phenoxy) is 2. The molecule has 0 saturated heterocycles. The first kappa shape index (κ1) is 28.6. The van der Waals surface area contributed by atoms with Gasteiger partial charge in [-0.2, -0.15) is 5.10 Å². The molecule has 0 aliphatic heterocycles. The van der Waals surface area contributed by atoms with E-state index in [1.807, 2.05) is 12.1 Å². The fraction of sp³-hybridized carbons (Fsp3) is 0.269. The van der Waals surface area contributed by atoms with Crippen LogP contribution in [-0.2, 0) is 30.4 Å². The lowest BCUT2D eigenvalue weighted by molar-refractivity contribution is -0.141. The van der Waals surface area contributed by atoms with Gasteiger partial charge >= 0.3 is 18.0 Å². The van der Waals surface area contributed by atoms with Crippen LogP contribution in [0.4, 0.5) is 10.5 Å². The standard InChI is InChI=1S/C26H31N5O6/c1-18(28-29-26(35)27-20-14-10-7-11-15-20)23(24(33)30(2)3)31(17-19-12-8-6-9-13-19)21(25(34)37-5)16-22(32)36-4/h6-16,23H,17H2,1-5H3,(H2,27,29,35)/b21-16+,28-18+. The average Bonchev–Trinajstić information content (AvgIpc) is 2.90. The molecule has 0 radical (unpaired) electrons. The van der Waals surface area contributed by atoms with E-state index in [1.165, 1.54) is 23.8 Å². The number of hydrogen-bond donors (Lipinski definition) is 2. The third kappa shape index (κ3) is 8.49. The van der Waals surface area contributed by atoms with Crippen molar-refractivity contribution in [3.63, 3.8) is 0 Å². The van der Waals surface area contributed by atoms with E-state index >= 15 is 0 Å². The van der Waals surface area contributed by atoms with Gasteiger partial charge in [-0.15, -0.1) is 0 Å². The Morgan fingerprint density at radius 2 is 1.54 bits per heavy atom.